The lowest BCUT2D eigenvalue weighted by Crippen LogP contribution is -2.40. The maximum atomic E-state index is 13.0. The van der Waals surface area contributed by atoms with Crippen molar-refractivity contribution in [2.75, 3.05) is 36.8 Å². The summed E-state index contributed by atoms with van der Waals surface area (Å²) in [4.78, 5) is 20.3. The van der Waals surface area contributed by atoms with Crippen LogP contribution in [0.25, 0.3) is 0 Å². The van der Waals surface area contributed by atoms with Gasteiger partial charge in [0.25, 0.3) is 0 Å². The zero-order valence-electron chi connectivity index (χ0n) is 17.5. The zero-order valence-corrected chi connectivity index (χ0v) is 19.8. The van der Waals surface area contributed by atoms with Crippen molar-refractivity contribution >= 4 is 47.3 Å². The molecule has 0 saturated heterocycles. The van der Waals surface area contributed by atoms with Crippen LogP contribution in [0, 0.1) is 0 Å². The number of pyridine rings is 1. The molecular weight excluding hydrogens is 536 g/mol. The summed E-state index contributed by atoms with van der Waals surface area (Å²) < 4.78 is 39.1. The van der Waals surface area contributed by atoms with E-state index in [0.717, 1.165) is 17.3 Å². The normalized spacial score (nSPS) is 15.8. The number of nitrogens with one attached hydrogen (secondary N) is 4. The van der Waals surface area contributed by atoms with Crippen molar-refractivity contribution in [1.29, 1.82) is 0 Å². The Morgan fingerprint density at radius 3 is 2.72 bits per heavy atom. The molecule has 3 rings (SSSR count). The summed E-state index contributed by atoms with van der Waals surface area (Å²) in [5, 5.41) is 11.8. The minimum atomic E-state index is -4.47. The van der Waals surface area contributed by atoms with Gasteiger partial charge in [-0.1, -0.05) is 18.2 Å². The maximum absolute atomic E-state index is 13.0. The fourth-order valence-electron chi connectivity index (χ4n) is 3.34. The van der Waals surface area contributed by atoms with E-state index in [9.17, 15) is 18.0 Å². The first-order chi connectivity index (χ1) is 14.9. The number of rotatable bonds is 7. The number of hydrogen-bond acceptors (Lipinski definition) is 4. The van der Waals surface area contributed by atoms with E-state index in [1.165, 1.54) is 12.3 Å². The van der Waals surface area contributed by atoms with Crippen molar-refractivity contribution in [2.45, 2.75) is 25.4 Å². The Kier molecular flexibility index (Phi) is 9.54. The number of alkyl halides is 3. The first-order valence-electron chi connectivity index (χ1n) is 10.1. The van der Waals surface area contributed by atoms with Crippen LogP contribution in [-0.4, -0.2) is 43.0 Å². The molecule has 0 fully saturated rings. The Hall–Kier alpha value is -2.57. The summed E-state index contributed by atoms with van der Waals surface area (Å²) in [6.07, 6.45) is -2.81. The van der Waals surface area contributed by atoms with Gasteiger partial charge < -0.3 is 21.3 Å². The third-order valence-corrected chi connectivity index (χ3v) is 4.74. The van der Waals surface area contributed by atoms with Crippen LogP contribution in [0.3, 0.4) is 0 Å². The van der Waals surface area contributed by atoms with E-state index in [1.54, 1.807) is 0 Å². The standard InChI is InChI=1S/C21H25F3N6O.HI/c1-2-25-20(28-11-10-27-19-16(21(22,23)24)7-5-9-26-19)29-13-14-12-18(31)30-17-8-4-3-6-15(14)17;/h3-9,14H,2,10-13H2,1H3,(H,26,27)(H,30,31)(H2,25,28,29);1H. The number of nitrogens with zero attached hydrogens (tertiary/aromatic N) is 2. The summed E-state index contributed by atoms with van der Waals surface area (Å²) in [5.74, 6) is 0.242. The van der Waals surface area contributed by atoms with Crippen LogP contribution in [0.1, 0.15) is 30.4 Å². The molecule has 1 aromatic carbocycles. The first kappa shape index (κ1) is 25.7. The molecular formula is C21H26F3IN6O. The first-order valence-corrected chi connectivity index (χ1v) is 10.1. The quantitative estimate of drug-likeness (QED) is 0.179. The van der Waals surface area contributed by atoms with Gasteiger partial charge >= 0.3 is 6.18 Å². The minimum Gasteiger partial charge on any atom is -0.368 e. The van der Waals surface area contributed by atoms with Gasteiger partial charge in [0.1, 0.15) is 5.82 Å². The highest BCUT2D eigenvalue weighted by molar-refractivity contribution is 14.0. The molecule has 0 saturated carbocycles. The number of hydrogen-bond donors (Lipinski definition) is 4. The van der Waals surface area contributed by atoms with E-state index in [-0.39, 0.29) is 48.2 Å². The van der Waals surface area contributed by atoms with Gasteiger partial charge in [-0.05, 0) is 30.7 Å². The smallest absolute Gasteiger partial charge is 0.368 e. The maximum Gasteiger partial charge on any atom is 0.419 e. The van der Waals surface area contributed by atoms with Crippen LogP contribution in [0.5, 0.6) is 0 Å². The highest BCUT2D eigenvalue weighted by Crippen LogP contribution is 2.33. The molecule has 1 aliphatic heterocycles. The topological polar surface area (TPSA) is 90.4 Å². The molecule has 1 amide bonds. The van der Waals surface area contributed by atoms with E-state index in [2.05, 4.69) is 31.2 Å². The summed E-state index contributed by atoms with van der Waals surface area (Å²) >= 11 is 0. The van der Waals surface area contributed by atoms with Crippen molar-refractivity contribution in [3.8, 4) is 0 Å². The summed E-state index contributed by atoms with van der Waals surface area (Å²) in [6, 6.07) is 9.89. The van der Waals surface area contributed by atoms with E-state index < -0.39 is 11.7 Å². The van der Waals surface area contributed by atoms with Gasteiger partial charge in [-0.2, -0.15) is 13.2 Å². The summed E-state index contributed by atoms with van der Waals surface area (Å²) in [7, 11) is 0. The third-order valence-electron chi connectivity index (χ3n) is 4.74. The molecule has 0 bridgehead atoms. The van der Waals surface area contributed by atoms with Crippen molar-refractivity contribution in [3.63, 3.8) is 0 Å². The fraction of sp³-hybridized carbons (Fsp3) is 0.381. The Bertz CT molecular complexity index is 938. The zero-order chi connectivity index (χ0) is 22.3. The Morgan fingerprint density at radius 1 is 1.19 bits per heavy atom. The number of halogens is 4. The Balaban J connectivity index is 0.00000363. The second kappa shape index (κ2) is 11.9. The highest BCUT2D eigenvalue weighted by atomic mass is 127. The van der Waals surface area contributed by atoms with Crippen molar-refractivity contribution in [2.24, 2.45) is 4.99 Å². The minimum absolute atomic E-state index is 0. The molecule has 32 heavy (non-hydrogen) atoms. The van der Waals surface area contributed by atoms with Crippen LogP contribution in [0.4, 0.5) is 24.7 Å². The number of fused-ring (bicyclic) bond motifs is 1. The molecule has 1 unspecified atom stereocenters. The number of carbonyl (C=O) groups is 1. The number of aromatic nitrogens is 1. The average molecular weight is 562 g/mol. The molecule has 0 spiro atoms. The van der Waals surface area contributed by atoms with E-state index in [0.29, 0.717) is 32.0 Å². The third kappa shape index (κ3) is 6.97. The number of benzene rings is 1. The van der Waals surface area contributed by atoms with Crippen LogP contribution >= 0.6 is 24.0 Å². The predicted octanol–water partition coefficient (Wildman–Crippen LogP) is 3.81. The van der Waals surface area contributed by atoms with Gasteiger partial charge in [0.05, 0.1) is 12.1 Å². The van der Waals surface area contributed by atoms with Crippen LogP contribution in [0.15, 0.2) is 47.6 Å². The number of anilines is 2. The molecule has 0 radical (unpaired) electrons. The molecule has 2 aromatic rings. The number of para-hydroxylation sites is 1. The second-order valence-corrected chi connectivity index (χ2v) is 7.01. The molecule has 174 valence electrons. The SMILES string of the molecule is CCNC(=NCC1CC(=O)Nc2ccccc21)NCCNc1ncccc1C(F)(F)F.I. The Labute approximate surface area is 201 Å². The molecule has 0 aliphatic carbocycles. The van der Waals surface area contributed by atoms with Crippen LogP contribution < -0.4 is 21.3 Å². The molecule has 2 heterocycles. The van der Waals surface area contributed by atoms with Crippen molar-refractivity contribution in [3.05, 3.63) is 53.7 Å². The number of aliphatic imine (C=N–C) groups is 1. The van der Waals surface area contributed by atoms with E-state index in [1.807, 2.05) is 31.2 Å². The molecule has 7 nitrogen and oxygen atoms in total. The Morgan fingerprint density at radius 2 is 1.97 bits per heavy atom. The van der Waals surface area contributed by atoms with Crippen LogP contribution in [-0.2, 0) is 11.0 Å². The number of amides is 1. The van der Waals surface area contributed by atoms with Gasteiger partial charge in [0, 0.05) is 43.9 Å². The predicted molar refractivity (Wildman–Crippen MR) is 130 cm³/mol. The molecule has 1 aromatic heterocycles. The van der Waals surface area contributed by atoms with Gasteiger partial charge in [-0.3, -0.25) is 9.79 Å². The highest BCUT2D eigenvalue weighted by Gasteiger charge is 2.34. The van der Waals surface area contributed by atoms with Crippen molar-refractivity contribution < 1.29 is 18.0 Å². The van der Waals surface area contributed by atoms with Crippen LogP contribution in [0.2, 0.25) is 0 Å². The summed E-state index contributed by atoms with van der Waals surface area (Å²) in [6.45, 7) is 3.51. The largest absolute Gasteiger partial charge is 0.419 e. The number of guanidine groups is 1. The fourth-order valence-corrected chi connectivity index (χ4v) is 3.34. The van der Waals surface area contributed by atoms with Gasteiger partial charge in [-0.15, -0.1) is 24.0 Å². The van der Waals surface area contributed by atoms with Gasteiger partial charge in [0.2, 0.25) is 5.91 Å². The van der Waals surface area contributed by atoms with Gasteiger partial charge in [0.15, 0.2) is 5.96 Å². The lowest BCUT2D eigenvalue weighted by molar-refractivity contribution is -0.137. The second-order valence-electron chi connectivity index (χ2n) is 7.01. The monoisotopic (exact) mass is 562 g/mol. The molecule has 4 N–H and O–H groups in total. The lowest BCUT2D eigenvalue weighted by atomic mass is 9.91. The van der Waals surface area contributed by atoms with Gasteiger partial charge in [-0.25, -0.2) is 4.98 Å². The molecule has 11 heteroatoms. The molecule has 1 atom stereocenters. The summed E-state index contributed by atoms with van der Waals surface area (Å²) in [5.41, 5.74) is 1.04. The lowest BCUT2D eigenvalue weighted by Gasteiger charge is -2.24. The van der Waals surface area contributed by atoms with E-state index >= 15 is 0 Å². The molecule has 1 aliphatic rings. The van der Waals surface area contributed by atoms with E-state index in [4.69, 9.17) is 0 Å². The van der Waals surface area contributed by atoms with Crippen molar-refractivity contribution in [1.82, 2.24) is 15.6 Å². The average Bonchev–Trinajstić information content (AvgIpc) is 2.74. The number of carbonyl (C=O) groups excluding carboxylic acids is 1.